The zero-order valence-corrected chi connectivity index (χ0v) is 12.8. The third-order valence-corrected chi connectivity index (χ3v) is 3.90. The molecule has 1 unspecified atom stereocenters. The molecule has 0 heterocycles. The number of benzene rings is 1. The molecule has 1 aromatic carbocycles. The van der Waals surface area contributed by atoms with Crippen LogP contribution in [0.2, 0.25) is 0 Å². The van der Waals surface area contributed by atoms with Crippen molar-refractivity contribution in [3.63, 3.8) is 0 Å². The summed E-state index contributed by atoms with van der Waals surface area (Å²) in [6.07, 6.45) is 1.69. The molecule has 1 amide bonds. The van der Waals surface area contributed by atoms with Crippen LogP contribution in [-0.2, 0) is 21.2 Å². The van der Waals surface area contributed by atoms with Crippen molar-refractivity contribution in [2.45, 2.75) is 32.9 Å². The minimum absolute atomic E-state index is 0.0794. The van der Waals surface area contributed by atoms with Crippen LogP contribution < -0.4 is 0 Å². The van der Waals surface area contributed by atoms with Gasteiger partial charge in [0.25, 0.3) is 0 Å². The molecule has 1 atom stereocenters. The van der Waals surface area contributed by atoms with Crippen molar-refractivity contribution < 1.29 is 17.6 Å². The molecule has 0 aromatic heterocycles. The molecule has 6 heteroatoms. The molecule has 0 spiro atoms. The first-order chi connectivity index (χ1) is 9.24. The number of halogens is 1. The average molecular weight is 301 g/mol. The lowest BCUT2D eigenvalue weighted by Gasteiger charge is -2.28. The number of carbonyl (C=O) groups is 1. The lowest BCUT2D eigenvalue weighted by Crippen LogP contribution is -2.41. The molecule has 0 aliphatic rings. The van der Waals surface area contributed by atoms with Gasteiger partial charge in [0.15, 0.2) is 9.84 Å². The second-order valence-corrected chi connectivity index (χ2v) is 7.08. The van der Waals surface area contributed by atoms with Crippen LogP contribution in [0.25, 0.3) is 0 Å². The normalized spacial score (nSPS) is 13.0. The second-order valence-electron chi connectivity index (χ2n) is 4.94. The highest BCUT2D eigenvalue weighted by Gasteiger charge is 2.23. The molecule has 1 aromatic rings. The molecule has 0 saturated heterocycles. The SMILES string of the molecule is CCC(C)N(Cc1ccccc1F)C(=O)CS(C)(=O)=O. The zero-order chi connectivity index (χ0) is 15.3. The van der Waals surface area contributed by atoms with E-state index in [1.54, 1.807) is 18.2 Å². The summed E-state index contributed by atoms with van der Waals surface area (Å²) in [6, 6.07) is 6.03. The quantitative estimate of drug-likeness (QED) is 0.807. The average Bonchev–Trinajstić information content (AvgIpc) is 2.34. The Morgan fingerprint density at radius 3 is 2.45 bits per heavy atom. The molecule has 0 bridgehead atoms. The summed E-state index contributed by atoms with van der Waals surface area (Å²) in [5.41, 5.74) is 0.384. The van der Waals surface area contributed by atoms with Crippen LogP contribution in [-0.4, -0.2) is 37.3 Å². The van der Waals surface area contributed by atoms with Crippen molar-refractivity contribution in [1.29, 1.82) is 0 Å². The molecule has 0 aliphatic carbocycles. The van der Waals surface area contributed by atoms with E-state index in [0.717, 1.165) is 6.26 Å². The van der Waals surface area contributed by atoms with Crippen molar-refractivity contribution in [1.82, 2.24) is 4.90 Å². The van der Waals surface area contributed by atoms with Crippen LogP contribution in [0.5, 0.6) is 0 Å². The van der Waals surface area contributed by atoms with Gasteiger partial charge in [0.1, 0.15) is 11.6 Å². The second kappa shape index (κ2) is 6.83. The Morgan fingerprint density at radius 2 is 1.95 bits per heavy atom. The van der Waals surface area contributed by atoms with Crippen molar-refractivity contribution in [2.24, 2.45) is 0 Å². The Hall–Kier alpha value is -1.43. The molecular weight excluding hydrogens is 281 g/mol. The standard InChI is InChI=1S/C14H20FNO3S/c1-4-11(2)16(14(17)10-20(3,18)19)9-12-7-5-6-8-13(12)15/h5-8,11H,4,9-10H2,1-3H3. The molecule has 0 N–H and O–H groups in total. The lowest BCUT2D eigenvalue weighted by molar-refractivity contribution is -0.131. The summed E-state index contributed by atoms with van der Waals surface area (Å²) >= 11 is 0. The van der Waals surface area contributed by atoms with Crippen molar-refractivity contribution in [3.05, 3.63) is 35.6 Å². The van der Waals surface area contributed by atoms with E-state index in [-0.39, 0.29) is 12.6 Å². The molecule has 20 heavy (non-hydrogen) atoms. The fourth-order valence-corrected chi connectivity index (χ4v) is 2.44. The van der Waals surface area contributed by atoms with E-state index in [9.17, 15) is 17.6 Å². The molecular formula is C14H20FNO3S. The van der Waals surface area contributed by atoms with E-state index in [1.165, 1.54) is 11.0 Å². The van der Waals surface area contributed by atoms with Crippen LogP contribution in [0.4, 0.5) is 4.39 Å². The maximum absolute atomic E-state index is 13.7. The van der Waals surface area contributed by atoms with Crippen LogP contribution in [0.3, 0.4) is 0 Å². The summed E-state index contributed by atoms with van der Waals surface area (Å²) in [5, 5.41) is 0. The first-order valence-corrected chi connectivity index (χ1v) is 8.51. The first kappa shape index (κ1) is 16.6. The van der Waals surface area contributed by atoms with Gasteiger partial charge in [0.2, 0.25) is 5.91 Å². The number of nitrogens with zero attached hydrogens (tertiary/aromatic N) is 1. The maximum atomic E-state index is 13.7. The van der Waals surface area contributed by atoms with E-state index in [1.807, 2.05) is 13.8 Å². The van der Waals surface area contributed by atoms with Gasteiger partial charge in [-0.1, -0.05) is 25.1 Å². The van der Waals surface area contributed by atoms with Crippen LogP contribution in [0.15, 0.2) is 24.3 Å². The van der Waals surface area contributed by atoms with Gasteiger partial charge in [-0.15, -0.1) is 0 Å². The summed E-state index contributed by atoms with van der Waals surface area (Å²) in [5.74, 6) is -1.44. The molecule has 0 radical (unpaired) electrons. The molecule has 0 fully saturated rings. The van der Waals surface area contributed by atoms with E-state index in [4.69, 9.17) is 0 Å². The maximum Gasteiger partial charge on any atom is 0.238 e. The van der Waals surface area contributed by atoms with E-state index in [2.05, 4.69) is 0 Å². The summed E-state index contributed by atoms with van der Waals surface area (Å²) in [6.45, 7) is 3.80. The lowest BCUT2D eigenvalue weighted by atomic mass is 10.1. The number of amides is 1. The van der Waals surface area contributed by atoms with Crippen LogP contribution in [0, 0.1) is 5.82 Å². The van der Waals surface area contributed by atoms with Gasteiger partial charge >= 0.3 is 0 Å². The summed E-state index contributed by atoms with van der Waals surface area (Å²) in [4.78, 5) is 13.5. The van der Waals surface area contributed by atoms with Crippen LogP contribution >= 0.6 is 0 Å². The molecule has 112 valence electrons. The van der Waals surface area contributed by atoms with E-state index < -0.39 is 27.3 Å². The minimum atomic E-state index is -3.40. The number of hydrogen-bond donors (Lipinski definition) is 0. The number of rotatable bonds is 6. The third-order valence-electron chi connectivity index (χ3n) is 3.13. The smallest absolute Gasteiger partial charge is 0.238 e. The zero-order valence-electron chi connectivity index (χ0n) is 12.0. The van der Waals surface area contributed by atoms with Gasteiger partial charge in [-0.2, -0.15) is 0 Å². The van der Waals surface area contributed by atoms with Gasteiger partial charge in [-0.05, 0) is 19.4 Å². The molecule has 4 nitrogen and oxygen atoms in total. The Balaban J connectivity index is 2.96. The predicted molar refractivity (Wildman–Crippen MR) is 76.4 cm³/mol. The van der Waals surface area contributed by atoms with E-state index in [0.29, 0.717) is 12.0 Å². The first-order valence-electron chi connectivity index (χ1n) is 6.45. The van der Waals surface area contributed by atoms with Gasteiger partial charge in [-0.3, -0.25) is 4.79 Å². The third kappa shape index (κ3) is 4.92. The summed E-state index contributed by atoms with van der Waals surface area (Å²) in [7, 11) is -3.40. The van der Waals surface area contributed by atoms with Crippen molar-refractivity contribution in [2.75, 3.05) is 12.0 Å². The fraction of sp³-hybridized carbons (Fsp3) is 0.500. The van der Waals surface area contributed by atoms with Crippen molar-refractivity contribution >= 4 is 15.7 Å². The Labute approximate surface area is 119 Å². The summed E-state index contributed by atoms with van der Waals surface area (Å²) < 4.78 is 36.2. The Bertz CT molecular complexity index is 572. The Morgan fingerprint density at radius 1 is 1.35 bits per heavy atom. The minimum Gasteiger partial charge on any atom is -0.335 e. The van der Waals surface area contributed by atoms with Crippen molar-refractivity contribution in [3.8, 4) is 0 Å². The molecule has 0 saturated carbocycles. The molecule has 0 aliphatic heterocycles. The van der Waals surface area contributed by atoms with Gasteiger partial charge < -0.3 is 4.90 Å². The highest BCUT2D eigenvalue weighted by atomic mass is 32.2. The number of sulfone groups is 1. The number of hydrogen-bond acceptors (Lipinski definition) is 3. The van der Waals surface area contributed by atoms with Gasteiger partial charge in [0.05, 0.1) is 0 Å². The highest BCUT2D eigenvalue weighted by Crippen LogP contribution is 2.14. The number of carbonyl (C=O) groups excluding carboxylic acids is 1. The van der Waals surface area contributed by atoms with Gasteiger partial charge in [0, 0.05) is 24.4 Å². The van der Waals surface area contributed by atoms with E-state index >= 15 is 0 Å². The monoisotopic (exact) mass is 301 g/mol. The molecule has 1 rings (SSSR count). The van der Waals surface area contributed by atoms with Gasteiger partial charge in [-0.25, -0.2) is 12.8 Å². The highest BCUT2D eigenvalue weighted by molar-refractivity contribution is 7.91. The Kier molecular flexibility index (Phi) is 5.68. The topological polar surface area (TPSA) is 54.5 Å². The fourth-order valence-electron chi connectivity index (χ4n) is 1.83. The largest absolute Gasteiger partial charge is 0.335 e. The van der Waals surface area contributed by atoms with Crippen LogP contribution in [0.1, 0.15) is 25.8 Å². The predicted octanol–water partition coefficient (Wildman–Crippen LogP) is 2.00.